The van der Waals surface area contributed by atoms with Gasteiger partial charge >= 0.3 is 0 Å². The van der Waals surface area contributed by atoms with E-state index in [9.17, 15) is 9.59 Å². The molecule has 0 spiro atoms. The van der Waals surface area contributed by atoms with Crippen LogP contribution in [0.4, 0.5) is 5.82 Å². The van der Waals surface area contributed by atoms with Crippen LogP contribution in [0.25, 0.3) is 11.3 Å². The van der Waals surface area contributed by atoms with Gasteiger partial charge in [-0.05, 0) is 46.9 Å². The molecule has 3 heterocycles. The zero-order valence-electron chi connectivity index (χ0n) is 15.7. The van der Waals surface area contributed by atoms with E-state index in [-0.39, 0.29) is 18.3 Å². The van der Waals surface area contributed by atoms with Crippen LogP contribution in [0.3, 0.4) is 0 Å². The first-order valence-corrected chi connectivity index (χ1v) is 10.3. The highest BCUT2D eigenvalue weighted by Crippen LogP contribution is 2.27. The number of carbonyl (C=O) groups is 2. The van der Waals surface area contributed by atoms with Crippen LogP contribution < -0.4 is 15.0 Å². The average molecular weight is 536 g/mol. The van der Waals surface area contributed by atoms with Gasteiger partial charge in [0.25, 0.3) is 11.8 Å². The van der Waals surface area contributed by atoms with E-state index in [1.165, 1.54) is 4.90 Å². The molecule has 2 amide bonds. The molecule has 1 aliphatic heterocycles. The second-order valence-electron chi connectivity index (χ2n) is 6.46. The summed E-state index contributed by atoms with van der Waals surface area (Å²) < 4.78 is 6.45. The number of benzene rings is 1. The monoisotopic (exact) mass is 535 g/mol. The molecule has 30 heavy (non-hydrogen) atoms. The lowest BCUT2D eigenvalue weighted by Crippen LogP contribution is -2.49. The minimum atomic E-state index is -0.904. The van der Waals surface area contributed by atoms with Gasteiger partial charge in [0.1, 0.15) is 12.6 Å². The fraction of sp³-hybridized carbons (Fsp3) is 0.150. The number of carbonyl (C=O) groups excluding carboxylic acids is 2. The predicted octanol–water partition coefficient (Wildman–Crippen LogP) is 2.95. The van der Waals surface area contributed by atoms with E-state index in [4.69, 9.17) is 16.3 Å². The van der Waals surface area contributed by atoms with Crippen LogP contribution in [0.1, 0.15) is 10.6 Å². The predicted molar refractivity (Wildman–Crippen MR) is 120 cm³/mol. The van der Waals surface area contributed by atoms with Crippen molar-refractivity contribution in [3.8, 4) is 17.0 Å². The van der Waals surface area contributed by atoms with Crippen molar-refractivity contribution >= 4 is 51.8 Å². The topological polar surface area (TPSA) is 97.3 Å². The molecule has 0 bridgehead atoms. The molecule has 2 aromatic heterocycles. The summed E-state index contributed by atoms with van der Waals surface area (Å²) in [5, 5.41) is 3.27. The lowest BCUT2D eigenvalue weighted by Gasteiger charge is -2.19. The zero-order valence-corrected chi connectivity index (χ0v) is 18.6. The number of amides is 2. The summed E-state index contributed by atoms with van der Waals surface area (Å²) in [5.74, 6) is -0.0914. The van der Waals surface area contributed by atoms with Crippen LogP contribution in [-0.4, -0.2) is 46.5 Å². The molecule has 8 nitrogen and oxygen atoms in total. The summed E-state index contributed by atoms with van der Waals surface area (Å²) in [5.41, 5.74) is 1.40. The number of hydrogen-bond acceptors (Lipinski definition) is 6. The summed E-state index contributed by atoms with van der Waals surface area (Å²) in [6, 6.07) is 9.66. The van der Waals surface area contributed by atoms with Crippen LogP contribution >= 0.6 is 34.2 Å². The number of hydrogen-bond donors (Lipinski definition) is 1. The molecule has 0 fully saturated rings. The molecule has 1 N–H and O–H groups in total. The Labute approximate surface area is 190 Å². The largest absolute Gasteiger partial charge is 0.487 e. The van der Waals surface area contributed by atoms with Crippen LogP contribution in [0, 0.1) is 3.57 Å². The number of aromatic nitrogens is 3. The van der Waals surface area contributed by atoms with Crippen LogP contribution in [0.5, 0.6) is 5.75 Å². The Kier molecular flexibility index (Phi) is 5.82. The number of rotatable bonds is 3. The maximum atomic E-state index is 12.8. The third-order valence-electron chi connectivity index (χ3n) is 4.47. The van der Waals surface area contributed by atoms with Crippen molar-refractivity contribution in [2.45, 2.75) is 6.04 Å². The summed E-state index contributed by atoms with van der Waals surface area (Å²) in [7, 11) is 1.59. The molecule has 3 aromatic rings. The van der Waals surface area contributed by atoms with Gasteiger partial charge in [-0.15, -0.1) is 0 Å². The zero-order chi connectivity index (χ0) is 21.3. The van der Waals surface area contributed by atoms with Gasteiger partial charge in [-0.2, -0.15) is 0 Å². The molecule has 0 aliphatic carbocycles. The Balaban J connectivity index is 1.56. The van der Waals surface area contributed by atoms with E-state index >= 15 is 0 Å². The average Bonchev–Trinajstić information content (AvgIpc) is 2.87. The van der Waals surface area contributed by atoms with Gasteiger partial charge < -0.3 is 10.1 Å². The summed E-state index contributed by atoms with van der Waals surface area (Å²) in [6.45, 7) is -0.0258. The first kappa shape index (κ1) is 20.5. The second kappa shape index (κ2) is 8.52. The van der Waals surface area contributed by atoms with Crippen LogP contribution in [-0.2, 0) is 4.79 Å². The molecule has 0 saturated heterocycles. The Bertz CT molecular complexity index is 1130. The molecule has 0 radical (unpaired) electrons. The maximum absolute atomic E-state index is 12.8. The first-order chi connectivity index (χ1) is 14.4. The third-order valence-corrected chi connectivity index (χ3v) is 5.51. The summed E-state index contributed by atoms with van der Waals surface area (Å²) >= 11 is 8.05. The first-order valence-electron chi connectivity index (χ1n) is 8.89. The smallest absolute Gasteiger partial charge is 0.289 e. The second-order valence-corrected chi connectivity index (χ2v) is 8.06. The molecular formula is C20H15ClIN5O3. The number of anilines is 1. The van der Waals surface area contributed by atoms with Crippen LogP contribution in [0.15, 0.2) is 48.8 Å². The van der Waals surface area contributed by atoms with Gasteiger partial charge in [-0.1, -0.05) is 23.7 Å². The number of nitrogens with zero attached hydrogens (tertiary/aromatic N) is 4. The Morgan fingerprint density at radius 3 is 2.80 bits per heavy atom. The maximum Gasteiger partial charge on any atom is 0.289 e. The van der Waals surface area contributed by atoms with Crippen molar-refractivity contribution in [1.82, 2.24) is 20.3 Å². The molecule has 1 aromatic carbocycles. The molecule has 1 unspecified atom stereocenters. The number of nitrogens with one attached hydrogen (secondary N) is 1. The van der Waals surface area contributed by atoms with Gasteiger partial charge in [0.15, 0.2) is 11.6 Å². The highest BCUT2D eigenvalue weighted by atomic mass is 127. The Hall–Kier alpha value is -2.79. The molecule has 0 saturated carbocycles. The van der Waals surface area contributed by atoms with Crippen molar-refractivity contribution in [3.05, 3.63) is 63.2 Å². The van der Waals surface area contributed by atoms with Crippen LogP contribution in [0.2, 0.25) is 5.02 Å². The van der Waals surface area contributed by atoms with E-state index in [1.807, 2.05) is 12.1 Å². The van der Waals surface area contributed by atoms with Gasteiger partial charge in [0.05, 0.1) is 9.26 Å². The summed E-state index contributed by atoms with van der Waals surface area (Å²) in [6.07, 6.45) is 3.13. The fourth-order valence-corrected chi connectivity index (χ4v) is 3.64. The van der Waals surface area contributed by atoms with E-state index in [0.29, 0.717) is 22.3 Å². The SMILES string of the molecule is CN1C(=O)C(NC(=O)c2ncc(I)c(-c3ccc(Cl)cc3)n2)COc2cccnc21. The van der Waals surface area contributed by atoms with Gasteiger partial charge in [-0.3, -0.25) is 14.5 Å². The minimum Gasteiger partial charge on any atom is -0.487 e. The minimum absolute atomic E-state index is 0.0258. The van der Waals surface area contributed by atoms with E-state index in [1.54, 1.807) is 43.7 Å². The molecule has 152 valence electrons. The molecule has 1 aliphatic rings. The third kappa shape index (κ3) is 4.08. The Morgan fingerprint density at radius 2 is 2.03 bits per heavy atom. The van der Waals surface area contributed by atoms with Crippen molar-refractivity contribution < 1.29 is 14.3 Å². The lowest BCUT2D eigenvalue weighted by atomic mass is 10.1. The number of pyridine rings is 1. The number of ether oxygens (including phenoxy) is 1. The number of fused-ring (bicyclic) bond motifs is 1. The van der Waals surface area contributed by atoms with E-state index < -0.39 is 11.9 Å². The lowest BCUT2D eigenvalue weighted by molar-refractivity contribution is -0.120. The van der Waals surface area contributed by atoms with E-state index in [0.717, 1.165) is 9.13 Å². The highest BCUT2D eigenvalue weighted by molar-refractivity contribution is 14.1. The van der Waals surface area contributed by atoms with Crippen molar-refractivity contribution in [1.29, 1.82) is 0 Å². The molecule has 10 heteroatoms. The van der Waals surface area contributed by atoms with E-state index in [2.05, 4.69) is 42.9 Å². The fourth-order valence-electron chi connectivity index (χ4n) is 2.94. The number of likely N-dealkylation sites (N-methyl/N-ethyl adjacent to an activating group) is 1. The normalized spacial score (nSPS) is 15.8. The van der Waals surface area contributed by atoms with Gasteiger partial charge in [-0.25, -0.2) is 15.0 Å². The van der Waals surface area contributed by atoms with Gasteiger partial charge in [0.2, 0.25) is 5.82 Å². The molecular weight excluding hydrogens is 521 g/mol. The number of halogens is 2. The van der Waals surface area contributed by atoms with Crippen molar-refractivity contribution in [2.75, 3.05) is 18.6 Å². The standard InChI is InChI=1S/C20H15ClIN5O3/c1-27-18-15(3-2-8-23-18)30-10-14(20(27)29)25-19(28)17-24-9-13(22)16(26-17)11-4-6-12(21)7-5-11/h2-9,14H,10H2,1H3,(H,25,28). The molecule has 4 rings (SSSR count). The van der Waals surface area contributed by atoms with Crippen molar-refractivity contribution in [3.63, 3.8) is 0 Å². The van der Waals surface area contributed by atoms with Gasteiger partial charge in [0, 0.05) is 30.0 Å². The Morgan fingerprint density at radius 1 is 1.27 bits per heavy atom. The highest BCUT2D eigenvalue weighted by Gasteiger charge is 2.32. The van der Waals surface area contributed by atoms with Crippen molar-refractivity contribution in [2.24, 2.45) is 0 Å². The summed E-state index contributed by atoms with van der Waals surface area (Å²) in [4.78, 5) is 39.6. The quantitative estimate of drug-likeness (QED) is 0.518. The molecule has 1 atom stereocenters.